The molecule has 1 aromatic rings. The van der Waals surface area contributed by atoms with Gasteiger partial charge < -0.3 is 15.4 Å². The van der Waals surface area contributed by atoms with E-state index < -0.39 is 0 Å². The van der Waals surface area contributed by atoms with Gasteiger partial charge >= 0.3 is 0 Å². The van der Waals surface area contributed by atoms with Crippen molar-refractivity contribution in [1.29, 1.82) is 0 Å². The molecular formula is C17H26N2O3. The van der Waals surface area contributed by atoms with Gasteiger partial charge in [0.15, 0.2) is 0 Å². The Balaban J connectivity index is 2.24. The zero-order valence-electron chi connectivity index (χ0n) is 13.6. The van der Waals surface area contributed by atoms with Gasteiger partial charge in [-0.1, -0.05) is 32.0 Å². The smallest absolute Gasteiger partial charge is 0.229 e. The highest BCUT2D eigenvalue weighted by molar-refractivity contribution is 5.96. The van der Waals surface area contributed by atoms with Crippen LogP contribution in [0.4, 0.5) is 0 Å². The predicted molar refractivity (Wildman–Crippen MR) is 86.8 cm³/mol. The summed E-state index contributed by atoms with van der Waals surface area (Å²) in [5, 5.41) is 5.51. The standard InChI is InChI=1S/C17H26N2O3/c1-13(2)8-10-18-16(20)12-17(21)19-11-9-14-6-4-5-7-15(14)22-3/h4-7,13H,8-12H2,1-3H3,(H,18,20)(H,19,21). The maximum atomic E-state index is 11.7. The minimum Gasteiger partial charge on any atom is -0.496 e. The van der Waals surface area contributed by atoms with E-state index in [2.05, 4.69) is 24.5 Å². The molecular weight excluding hydrogens is 280 g/mol. The molecule has 122 valence electrons. The highest BCUT2D eigenvalue weighted by atomic mass is 16.5. The summed E-state index contributed by atoms with van der Waals surface area (Å²) in [5.74, 6) is 0.866. The van der Waals surface area contributed by atoms with Crippen molar-refractivity contribution < 1.29 is 14.3 Å². The van der Waals surface area contributed by atoms with Crippen molar-refractivity contribution in [2.75, 3.05) is 20.2 Å². The first kappa shape index (κ1) is 18.0. The van der Waals surface area contributed by atoms with Gasteiger partial charge in [0.05, 0.1) is 7.11 Å². The molecule has 5 nitrogen and oxygen atoms in total. The normalized spacial score (nSPS) is 10.4. The van der Waals surface area contributed by atoms with E-state index in [0.717, 1.165) is 17.7 Å². The second kappa shape index (κ2) is 9.82. The van der Waals surface area contributed by atoms with Gasteiger partial charge in [0.25, 0.3) is 0 Å². The minimum absolute atomic E-state index is 0.121. The molecule has 0 unspecified atom stereocenters. The Morgan fingerprint density at radius 1 is 1.09 bits per heavy atom. The van der Waals surface area contributed by atoms with Gasteiger partial charge in [-0.25, -0.2) is 0 Å². The quantitative estimate of drug-likeness (QED) is 0.685. The molecule has 22 heavy (non-hydrogen) atoms. The Hall–Kier alpha value is -2.04. The van der Waals surface area contributed by atoms with E-state index in [0.29, 0.717) is 25.4 Å². The van der Waals surface area contributed by atoms with Gasteiger partial charge in [0, 0.05) is 13.1 Å². The number of hydrogen-bond donors (Lipinski definition) is 2. The number of hydrogen-bond acceptors (Lipinski definition) is 3. The second-order valence-corrected chi connectivity index (χ2v) is 5.62. The molecule has 0 heterocycles. The lowest BCUT2D eigenvalue weighted by Gasteiger charge is -2.09. The highest BCUT2D eigenvalue weighted by Crippen LogP contribution is 2.17. The molecule has 5 heteroatoms. The number of ether oxygens (including phenoxy) is 1. The van der Waals surface area contributed by atoms with Gasteiger partial charge in [0.1, 0.15) is 12.2 Å². The molecule has 0 fully saturated rings. The van der Waals surface area contributed by atoms with Crippen LogP contribution in [0.1, 0.15) is 32.3 Å². The predicted octanol–water partition coefficient (Wildman–Crippen LogP) is 1.91. The Labute approximate surface area is 132 Å². The highest BCUT2D eigenvalue weighted by Gasteiger charge is 2.09. The van der Waals surface area contributed by atoms with E-state index in [1.165, 1.54) is 0 Å². The number of carbonyl (C=O) groups excluding carboxylic acids is 2. The lowest BCUT2D eigenvalue weighted by Crippen LogP contribution is -2.33. The Bertz CT molecular complexity index is 487. The van der Waals surface area contributed by atoms with Crippen LogP contribution in [0.15, 0.2) is 24.3 Å². The van der Waals surface area contributed by atoms with Crippen molar-refractivity contribution in [3.63, 3.8) is 0 Å². The molecule has 0 aliphatic heterocycles. The fraction of sp³-hybridized carbons (Fsp3) is 0.529. The van der Waals surface area contributed by atoms with Crippen molar-refractivity contribution in [3.8, 4) is 5.75 Å². The number of amides is 2. The van der Waals surface area contributed by atoms with Crippen LogP contribution >= 0.6 is 0 Å². The molecule has 0 aliphatic rings. The molecule has 0 radical (unpaired) electrons. The van der Waals surface area contributed by atoms with E-state index in [-0.39, 0.29) is 18.2 Å². The second-order valence-electron chi connectivity index (χ2n) is 5.62. The van der Waals surface area contributed by atoms with Gasteiger partial charge in [0.2, 0.25) is 11.8 Å². The third kappa shape index (κ3) is 7.11. The summed E-state index contributed by atoms with van der Waals surface area (Å²) in [7, 11) is 1.62. The largest absolute Gasteiger partial charge is 0.496 e. The summed E-state index contributed by atoms with van der Waals surface area (Å²) >= 11 is 0. The lowest BCUT2D eigenvalue weighted by atomic mass is 10.1. The number of methoxy groups -OCH3 is 1. The van der Waals surface area contributed by atoms with Crippen LogP contribution in [0, 0.1) is 5.92 Å². The van der Waals surface area contributed by atoms with Crippen LogP contribution in [-0.4, -0.2) is 32.0 Å². The van der Waals surface area contributed by atoms with Crippen LogP contribution in [0.2, 0.25) is 0 Å². The Morgan fingerprint density at radius 2 is 1.73 bits per heavy atom. The van der Waals surface area contributed by atoms with Crippen LogP contribution < -0.4 is 15.4 Å². The van der Waals surface area contributed by atoms with Crippen molar-refractivity contribution in [1.82, 2.24) is 10.6 Å². The molecule has 2 amide bonds. The van der Waals surface area contributed by atoms with Gasteiger partial charge in [-0.15, -0.1) is 0 Å². The topological polar surface area (TPSA) is 67.4 Å². The van der Waals surface area contributed by atoms with Crippen molar-refractivity contribution in [2.24, 2.45) is 5.92 Å². The Kier molecular flexibility index (Phi) is 8.04. The summed E-state index contributed by atoms with van der Waals surface area (Å²) in [4.78, 5) is 23.3. The number of para-hydroxylation sites is 1. The molecule has 1 aromatic carbocycles. The monoisotopic (exact) mass is 306 g/mol. The van der Waals surface area contributed by atoms with E-state index in [1.807, 2.05) is 24.3 Å². The van der Waals surface area contributed by atoms with Crippen LogP contribution in [-0.2, 0) is 16.0 Å². The fourth-order valence-electron chi connectivity index (χ4n) is 2.02. The maximum absolute atomic E-state index is 11.7. The molecule has 0 aromatic heterocycles. The number of carbonyl (C=O) groups is 2. The maximum Gasteiger partial charge on any atom is 0.229 e. The van der Waals surface area contributed by atoms with Crippen molar-refractivity contribution in [2.45, 2.75) is 33.1 Å². The number of benzene rings is 1. The zero-order chi connectivity index (χ0) is 16.4. The number of rotatable bonds is 9. The third-order valence-electron chi connectivity index (χ3n) is 3.27. The van der Waals surface area contributed by atoms with E-state index in [1.54, 1.807) is 7.11 Å². The first-order chi connectivity index (χ1) is 10.5. The summed E-state index contributed by atoms with van der Waals surface area (Å²) in [5.41, 5.74) is 1.03. The van der Waals surface area contributed by atoms with Crippen molar-refractivity contribution >= 4 is 11.8 Å². The average Bonchev–Trinajstić information content (AvgIpc) is 2.47. The molecule has 1 rings (SSSR count). The lowest BCUT2D eigenvalue weighted by molar-refractivity contribution is -0.129. The minimum atomic E-state index is -0.253. The van der Waals surface area contributed by atoms with Crippen LogP contribution in [0.3, 0.4) is 0 Å². The first-order valence-corrected chi connectivity index (χ1v) is 7.68. The molecule has 0 aliphatic carbocycles. The third-order valence-corrected chi connectivity index (χ3v) is 3.27. The van der Waals surface area contributed by atoms with E-state index >= 15 is 0 Å². The molecule has 0 bridgehead atoms. The summed E-state index contributed by atoms with van der Waals surface area (Å²) in [6.45, 7) is 5.29. The van der Waals surface area contributed by atoms with Crippen LogP contribution in [0.5, 0.6) is 5.75 Å². The van der Waals surface area contributed by atoms with Gasteiger partial charge in [-0.2, -0.15) is 0 Å². The molecule has 0 atom stereocenters. The van der Waals surface area contributed by atoms with E-state index in [9.17, 15) is 9.59 Å². The summed E-state index contributed by atoms with van der Waals surface area (Å²) in [6.07, 6.45) is 1.47. The Morgan fingerprint density at radius 3 is 2.36 bits per heavy atom. The molecule has 0 saturated carbocycles. The van der Waals surface area contributed by atoms with Gasteiger partial charge in [-0.3, -0.25) is 9.59 Å². The fourth-order valence-corrected chi connectivity index (χ4v) is 2.02. The summed E-state index contributed by atoms with van der Waals surface area (Å²) in [6, 6.07) is 7.69. The average molecular weight is 306 g/mol. The SMILES string of the molecule is COc1ccccc1CCNC(=O)CC(=O)NCCC(C)C. The molecule has 0 spiro atoms. The first-order valence-electron chi connectivity index (χ1n) is 7.68. The molecule has 0 saturated heterocycles. The zero-order valence-corrected chi connectivity index (χ0v) is 13.6. The van der Waals surface area contributed by atoms with Gasteiger partial charge in [-0.05, 0) is 30.4 Å². The van der Waals surface area contributed by atoms with E-state index in [4.69, 9.17) is 4.74 Å². The summed E-state index contributed by atoms with van der Waals surface area (Å²) < 4.78 is 5.25. The molecule has 2 N–H and O–H groups in total. The van der Waals surface area contributed by atoms with Crippen LogP contribution in [0.25, 0.3) is 0 Å². The van der Waals surface area contributed by atoms with Crippen molar-refractivity contribution in [3.05, 3.63) is 29.8 Å². The number of nitrogens with one attached hydrogen (secondary N) is 2.